The second-order valence-corrected chi connectivity index (χ2v) is 12.0. The maximum atomic E-state index is 13.2. The Hall–Kier alpha value is -2.95. The number of hydrogen-bond acceptors (Lipinski definition) is 7. The maximum Gasteiger partial charge on any atom is 0.266 e. The molecule has 2 aliphatic heterocycles. The van der Waals surface area contributed by atoms with Crippen LogP contribution in [0.15, 0.2) is 65.7 Å². The quantitative estimate of drug-likeness (QED) is 0.379. The van der Waals surface area contributed by atoms with Gasteiger partial charge in [0.05, 0.1) is 40.9 Å². The Morgan fingerprint density at radius 2 is 1.88 bits per heavy atom. The number of thioether (sulfide) groups is 1. The summed E-state index contributed by atoms with van der Waals surface area (Å²) in [7, 11) is -1.52. The number of sulfone groups is 1. The lowest BCUT2D eigenvalue weighted by Gasteiger charge is -2.20. The van der Waals surface area contributed by atoms with Crippen molar-refractivity contribution in [3.63, 3.8) is 0 Å². The van der Waals surface area contributed by atoms with Crippen LogP contribution in [0.1, 0.15) is 12.0 Å². The molecule has 10 heteroatoms. The summed E-state index contributed by atoms with van der Waals surface area (Å²) in [6.45, 7) is 0. The first-order valence-corrected chi connectivity index (χ1v) is 13.7. The molecule has 0 radical (unpaired) electrons. The number of para-hydroxylation sites is 1. The van der Waals surface area contributed by atoms with Gasteiger partial charge in [-0.2, -0.15) is 5.10 Å². The molecule has 1 unspecified atom stereocenters. The first-order chi connectivity index (χ1) is 16.3. The van der Waals surface area contributed by atoms with Gasteiger partial charge in [0.1, 0.15) is 10.1 Å². The van der Waals surface area contributed by atoms with E-state index in [0.717, 1.165) is 22.6 Å². The normalized spacial score (nSPS) is 20.9. The number of carbonyl (C=O) groups excluding carboxylic acids is 1. The maximum absolute atomic E-state index is 13.2. The number of ether oxygens (including phenoxy) is 1. The fraction of sp³-hybridized carbons (Fsp3) is 0.208. The summed E-state index contributed by atoms with van der Waals surface area (Å²) in [5, 5.41) is 4.79. The zero-order valence-electron chi connectivity index (χ0n) is 18.2. The number of nitrogens with zero attached hydrogens (tertiary/aromatic N) is 3. The lowest BCUT2D eigenvalue weighted by atomic mass is 10.1. The van der Waals surface area contributed by atoms with Gasteiger partial charge in [0.2, 0.25) is 0 Å². The number of methoxy groups -OCH3 is 1. The molecule has 1 aromatic heterocycles. The van der Waals surface area contributed by atoms with Crippen LogP contribution in [0.25, 0.3) is 23.0 Å². The van der Waals surface area contributed by atoms with Crippen LogP contribution in [0.4, 0.5) is 0 Å². The van der Waals surface area contributed by atoms with Crippen LogP contribution in [-0.4, -0.2) is 58.0 Å². The van der Waals surface area contributed by atoms with Crippen molar-refractivity contribution < 1.29 is 17.9 Å². The molecule has 0 N–H and O–H groups in total. The monoisotopic (exact) mass is 511 g/mol. The summed E-state index contributed by atoms with van der Waals surface area (Å²) >= 11 is 6.65. The highest BCUT2D eigenvalue weighted by molar-refractivity contribution is 8.26. The number of benzene rings is 2. The van der Waals surface area contributed by atoms with Gasteiger partial charge in [-0.05, 0) is 48.9 Å². The lowest BCUT2D eigenvalue weighted by Crippen LogP contribution is -2.39. The summed E-state index contributed by atoms with van der Waals surface area (Å²) in [6.07, 6.45) is 4.07. The van der Waals surface area contributed by atoms with E-state index in [0.29, 0.717) is 21.3 Å². The summed E-state index contributed by atoms with van der Waals surface area (Å²) < 4.78 is 31.3. The molecule has 2 saturated heterocycles. The minimum Gasteiger partial charge on any atom is -0.497 e. The summed E-state index contributed by atoms with van der Waals surface area (Å²) in [5.41, 5.74) is 3.23. The van der Waals surface area contributed by atoms with E-state index in [2.05, 4.69) is 0 Å². The largest absolute Gasteiger partial charge is 0.497 e. The van der Waals surface area contributed by atoms with Crippen LogP contribution in [0.5, 0.6) is 5.75 Å². The number of carbonyl (C=O) groups is 1. The van der Waals surface area contributed by atoms with E-state index in [9.17, 15) is 13.2 Å². The smallest absolute Gasteiger partial charge is 0.266 e. The van der Waals surface area contributed by atoms with Crippen molar-refractivity contribution in [3.8, 4) is 22.7 Å². The fourth-order valence-electron chi connectivity index (χ4n) is 4.09. The average Bonchev–Trinajstić information content (AvgIpc) is 3.49. The van der Waals surface area contributed by atoms with Crippen molar-refractivity contribution in [1.29, 1.82) is 0 Å². The molecule has 34 heavy (non-hydrogen) atoms. The van der Waals surface area contributed by atoms with E-state index < -0.39 is 15.9 Å². The molecule has 0 saturated carbocycles. The number of hydrogen-bond donors (Lipinski definition) is 0. The Kier molecular flexibility index (Phi) is 6.05. The van der Waals surface area contributed by atoms with E-state index in [1.165, 1.54) is 16.7 Å². The van der Waals surface area contributed by atoms with Gasteiger partial charge < -0.3 is 4.74 Å². The van der Waals surface area contributed by atoms with Crippen LogP contribution < -0.4 is 4.74 Å². The minimum absolute atomic E-state index is 0.0459. The van der Waals surface area contributed by atoms with Crippen molar-refractivity contribution in [1.82, 2.24) is 14.7 Å². The van der Waals surface area contributed by atoms with E-state index in [1.807, 2.05) is 60.8 Å². The Morgan fingerprint density at radius 1 is 1.15 bits per heavy atom. The third kappa shape index (κ3) is 4.40. The van der Waals surface area contributed by atoms with Crippen LogP contribution in [0.2, 0.25) is 0 Å². The molecule has 1 atom stereocenters. The average molecular weight is 512 g/mol. The molecule has 2 fully saturated rings. The van der Waals surface area contributed by atoms with E-state index in [-0.39, 0.29) is 17.4 Å². The molecule has 1 amide bonds. The minimum atomic E-state index is -3.14. The Bertz CT molecular complexity index is 1400. The lowest BCUT2D eigenvalue weighted by molar-refractivity contribution is -0.123. The van der Waals surface area contributed by atoms with Gasteiger partial charge in [-0.3, -0.25) is 9.69 Å². The van der Waals surface area contributed by atoms with Crippen molar-refractivity contribution in [2.75, 3.05) is 18.6 Å². The fourth-order valence-corrected chi connectivity index (χ4v) is 7.19. The van der Waals surface area contributed by atoms with Gasteiger partial charge in [0.25, 0.3) is 5.91 Å². The number of aromatic nitrogens is 2. The standard InChI is InChI=1S/C24H21N3O4S3/c1-31-20-9-7-16(8-10-20)22-17(14-26(25-22)18-5-3-2-4-6-18)13-21-23(28)27(24(32)33-21)19-11-12-34(29,30)15-19/h2-10,13-14,19H,11-12,15H2,1H3/b21-13-. The SMILES string of the molecule is COc1ccc(-c2nn(-c3ccccc3)cc2/C=C2\SC(=S)N(C3CCS(=O)(=O)C3)C2=O)cc1. The van der Waals surface area contributed by atoms with Crippen molar-refractivity contribution >= 4 is 50.1 Å². The molecule has 7 nitrogen and oxygen atoms in total. The van der Waals surface area contributed by atoms with Crippen molar-refractivity contribution in [2.45, 2.75) is 12.5 Å². The third-order valence-electron chi connectivity index (χ3n) is 5.81. The zero-order chi connectivity index (χ0) is 23.9. The number of rotatable bonds is 5. The second-order valence-electron chi connectivity index (χ2n) is 8.05. The molecule has 3 heterocycles. The predicted molar refractivity (Wildman–Crippen MR) is 138 cm³/mol. The topological polar surface area (TPSA) is 81.5 Å². The highest BCUT2D eigenvalue weighted by Gasteiger charge is 2.42. The molecule has 3 aromatic rings. The summed E-state index contributed by atoms with van der Waals surface area (Å²) in [5.74, 6) is 0.514. The predicted octanol–water partition coefficient (Wildman–Crippen LogP) is 3.94. The number of thiocarbonyl (C=S) groups is 1. The first kappa shape index (κ1) is 22.8. The van der Waals surface area contributed by atoms with E-state index in [4.69, 9.17) is 22.1 Å². The van der Waals surface area contributed by atoms with E-state index in [1.54, 1.807) is 17.9 Å². The van der Waals surface area contributed by atoms with Crippen molar-refractivity contribution in [3.05, 3.63) is 71.3 Å². The van der Waals surface area contributed by atoms with Gasteiger partial charge >= 0.3 is 0 Å². The van der Waals surface area contributed by atoms with Gasteiger partial charge in [0, 0.05) is 17.3 Å². The van der Waals surface area contributed by atoms with Gasteiger partial charge in [-0.15, -0.1) is 0 Å². The van der Waals surface area contributed by atoms with Crippen LogP contribution >= 0.6 is 24.0 Å². The Balaban J connectivity index is 1.54. The molecule has 174 valence electrons. The molecule has 0 spiro atoms. The molecule has 0 bridgehead atoms. The third-order valence-corrected chi connectivity index (χ3v) is 8.89. The molecule has 2 aliphatic rings. The van der Waals surface area contributed by atoms with E-state index >= 15 is 0 Å². The van der Waals surface area contributed by atoms with Gasteiger partial charge in [0.15, 0.2) is 9.84 Å². The van der Waals surface area contributed by atoms with Crippen LogP contribution in [0, 0.1) is 0 Å². The Labute approximate surface area is 207 Å². The zero-order valence-corrected chi connectivity index (χ0v) is 20.7. The first-order valence-electron chi connectivity index (χ1n) is 10.6. The van der Waals surface area contributed by atoms with Gasteiger partial charge in [-0.25, -0.2) is 13.1 Å². The van der Waals surface area contributed by atoms with Gasteiger partial charge in [-0.1, -0.05) is 42.2 Å². The Morgan fingerprint density at radius 3 is 2.53 bits per heavy atom. The molecule has 0 aliphatic carbocycles. The molecular weight excluding hydrogens is 490 g/mol. The molecule has 2 aromatic carbocycles. The summed E-state index contributed by atoms with van der Waals surface area (Å²) in [4.78, 5) is 15.2. The van der Waals surface area contributed by atoms with Crippen molar-refractivity contribution in [2.24, 2.45) is 0 Å². The highest BCUT2D eigenvalue weighted by Crippen LogP contribution is 2.37. The number of amides is 1. The highest BCUT2D eigenvalue weighted by atomic mass is 32.2. The van der Waals surface area contributed by atoms with Crippen LogP contribution in [0.3, 0.4) is 0 Å². The molecular formula is C24H21N3O4S3. The summed E-state index contributed by atoms with van der Waals surface area (Å²) in [6, 6.07) is 16.9. The van der Waals surface area contributed by atoms with Crippen LogP contribution in [-0.2, 0) is 14.6 Å². The molecule has 5 rings (SSSR count). The second kappa shape index (κ2) is 9.01.